The van der Waals surface area contributed by atoms with E-state index in [1.54, 1.807) is 7.11 Å². The van der Waals surface area contributed by atoms with Crippen LogP contribution in [0, 0.1) is 22.7 Å². The Morgan fingerprint density at radius 2 is 1.86 bits per heavy atom. The van der Waals surface area contributed by atoms with Gasteiger partial charge in [0.25, 0.3) is 0 Å². The smallest absolute Gasteiger partial charge is 0.311 e. The molecular weight excluding hydrogens is 372 g/mol. The molecule has 0 aromatic carbocycles. The highest BCUT2D eigenvalue weighted by molar-refractivity contribution is 5.73. The lowest BCUT2D eigenvalue weighted by Gasteiger charge is -2.65. The van der Waals surface area contributed by atoms with Gasteiger partial charge in [0.2, 0.25) is 6.29 Å². The molecule has 2 aliphatic carbocycles. The summed E-state index contributed by atoms with van der Waals surface area (Å²) in [6.45, 7) is 10.7. The first-order valence-corrected chi connectivity index (χ1v) is 11.1. The third-order valence-corrected chi connectivity index (χ3v) is 8.71. The van der Waals surface area contributed by atoms with Gasteiger partial charge in [-0.3, -0.25) is 9.59 Å². The summed E-state index contributed by atoms with van der Waals surface area (Å²) in [6.07, 6.45) is 5.18. The zero-order chi connectivity index (χ0) is 21.2. The fourth-order valence-corrected chi connectivity index (χ4v) is 7.80. The number of ether oxygens (including phenoxy) is 4. The van der Waals surface area contributed by atoms with E-state index in [9.17, 15) is 9.59 Å². The molecule has 0 amide bonds. The second-order valence-corrected chi connectivity index (χ2v) is 10.8. The molecule has 4 aliphatic rings. The van der Waals surface area contributed by atoms with Crippen molar-refractivity contribution in [3.05, 3.63) is 0 Å². The maximum absolute atomic E-state index is 12.1. The third-order valence-electron chi connectivity index (χ3n) is 8.71. The molecule has 4 rings (SSSR count). The molecule has 7 atom stereocenters. The fraction of sp³-hybridized carbons (Fsp3) is 0.913. The van der Waals surface area contributed by atoms with E-state index >= 15 is 0 Å². The normalized spacial score (nSPS) is 48.6. The van der Waals surface area contributed by atoms with Crippen LogP contribution in [0.15, 0.2) is 0 Å². The SMILES string of the molecule is CO[C@@H]1OC(=O)C[C@@]12CC[C@]1(O2)[C@@H](C)C[C@H](OC(C)=O)[C@@H]2C(C)(C)CCC[C@]21C. The van der Waals surface area contributed by atoms with Crippen molar-refractivity contribution in [2.24, 2.45) is 22.7 Å². The van der Waals surface area contributed by atoms with E-state index in [-0.39, 0.29) is 52.7 Å². The molecule has 2 saturated heterocycles. The van der Waals surface area contributed by atoms with Gasteiger partial charge in [-0.25, -0.2) is 0 Å². The van der Waals surface area contributed by atoms with Crippen LogP contribution in [0.4, 0.5) is 0 Å². The predicted molar refractivity (Wildman–Crippen MR) is 106 cm³/mol. The summed E-state index contributed by atoms with van der Waals surface area (Å²) in [6, 6.07) is 0. The van der Waals surface area contributed by atoms with Gasteiger partial charge in [0.05, 0.1) is 12.0 Å². The van der Waals surface area contributed by atoms with Gasteiger partial charge < -0.3 is 18.9 Å². The van der Waals surface area contributed by atoms with Crippen LogP contribution in [0.3, 0.4) is 0 Å². The average molecular weight is 409 g/mol. The fourth-order valence-electron chi connectivity index (χ4n) is 7.80. The highest BCUT2D eigenvalue weighted by atomic mass is 16.7. The number of methoxy groups -OCH3 is 1. The Hall–Kier alpha value is -1.14. The van der Waals surface area contributed by atoms with Gasteiger partial charge in [-0.2, -0.15) is 0 Å². The second kappa shape index (κ2) is 6.68. The zero-order valence-corrected chi connectivity index (χ0v) is 18.7. The van der Waals surface area contributed by atoms with Gasteiger partial charge in [0.1, 0.15) is 11.7 Å². The Morgan fingerprint density at radius 1 is 1.14 bits per heavy atom. The lowest BCUT2D eigenvalue weighted by molar-refractivity contribution is -0.293. The minimum absolute atomic E-state index is 0.0437. The summed E-state index contributed by atoms with van der Waals surface area (Å²) >= 11 is 0. The minimum Gasteiger partial charge on any atom is -0.462 e. The molecule has 0 aromatic heterocycles. The first kappa shape index (κ1) is 21.1. The van der Waals surface area contributed by atoms with Crippen molar-refractivity contribution in [2.45, 2.75) is 103 Å². The van der Waals surface area contributed by atoms with E-state index in [0.29, 0.717) is 0 Å². The van der Waals surface area contributed by atoms with E-state index in [1.807, 2.05) is 0 Å². The molecule has 0 bridgehead atoms. The van der Waals surface area contributed by atoms with Crippen LogP contribution in [0.5, 0.6) is 0 Å². The van der Waals surface area contributed by atoms with Crippen LogP contribution < -0.4 is 0 Å². The van der Waals surface area contributed by atoms with Crippen molar-refractivity contribution >= 4 is 11.9 Å². The molecule has 2 spiro atoms. The molecule has 6 heteroatoms. The van der Waals surface area contributed by atoms with Gasteiger partial charge in [0.15, 0.2) is 0 Å². The number of rotatable bonds is 2. The molecule has 164 valence electrons. The summed E-state index contributed by atoms with van der Waals surface area (Å²) in [4.78, 5) is 24.0. The molecule has 4 fully saturated rings. The van der Waals surface area contributed by atoms with E-state index in [1.165, 1.54) is 6.92 Å². The van der Waals surface area contributed by atoms with E-state index in [4.69, 9.17) is 18.9 Å². The van der Waals surface area contributed by atoms with E-state index < -0.39 is 11.9 Å². The highest BCUT2D eigenvalue weighted by Gasteiger charge is 2.72. The standard InChI is InChI=1S/C23H36O6/c1-14-12-16(27-15(2)24)18-20(3,4)8-7-9-21(18,5)23(14)11-10-22(29-23)13-17(25)28-19(22)26-6/h14,16,18-19H,7-13H2,1-6H3/t14-,16-,18+,19+,21+,22-,23-/m0/s1. The molecule has 29 heavy (non-hydrogen) atoms. The van der Waals surface area contributed by atoms with E-state index in [0.717, 1.165) is 38.5 Å². The van der Waals surface area contributed by atoms with Gasteiger partial charge in [-0.15, -0.1) is 0 Å². The molecule has 2 heterocycles. The van der Waals surface area contributed by atoms with Crippen molar-refractivity contribution in [1.82, 2.24) is 0 Å². The number of carbonyl (C=O) groups excluding carboxylic acids is 2. The topological polar surface area (TPSA) is 71.1 Å². The molecule has 6 nitrogen and oxygen atoms in total. The monoisotopic (exact) mass is 408 g/mol. The Morgan fingerprint density at radius 3 is 2.52 bits per heavy atom. The minimum atomic E-state index is -0.705. The van der Waals surface area contributed by atoms with Crippen molar-refractivity contribution in [2.75, 3.05) is 7.11 Å². The Bertz CT molecular complexity index is 703. The lowest BCUT2D eigenvalue weighted by Crippen LogP contribution is -2.67. The number of carbonyl (C=O) groups is 2. The molecule has 0 radical (unpaired) electrons. The average Bonchev–Trinajstić information content (AvgIpc) is 3.13. The van der Waals surface area contributed by atoms with Crippen LogP contribution in [0.2, 0.25) is 0 Å². The summed E-state index contributed by atoms with van der Waals surface area (Å²) in [7, 11) is 1.58. The molecule has 2 aliphatic heterocycles. The Balaban J connectivity index is 1.76. The number of fused-ring (bicyclic) bond motifs is 2. The van der Waals surface area contributed by atoms with Gasteiger partial charge in [-0.1, -0.05) is 34.1 Å². The molecule has 0 unspecified atom stereocenters. The van der Waals surface area contributed by atoms with Crippen LogP contribution >= 0.6 is 0 Å². The van der Waals surface area contributed by atoms with Crippen LogP contribution in [0.1, 0.15) is 79.6 Å². The molecule has 0 aromatic rings. The summed E-state index contributed by atoms with van der Waals surface area (Å²) in [5.74, 6) is -0.0478. The maximum atomic E-state index is 12.1. The van der Waals surface area contributed by atoms with Crippen LogP contribution in [0.25, 0.3) is 0 Å². The Kier molecular flexibility index (Phi) is 4.86. The molecule has 2 saturated carbocycles. The van der Waals surface area contributed by atoms with Crippen molar-refractivity contribution in [3.63, 3.8) is 0 Å². The summed E-state index contributed by atoms with van der Waals surface area (Å²) in [5.41, 5.74) is -1.19. The van der Waals surface area contributed by atoms with Gasteiger partial charge >= 0.3 is 11.9 Å². The van der Waals surface area contributed by atoms with Gasteiger partial charge in [0, 0.05) is 25.4 Å². The third kappa shape index (κ3) is 2.88. The first-order chi connectivity index (χ1) is 13.5. The van der Waals surface area contributed by atoms with Gasteiger partial charge in [-0.05, 0) is 43.4 Å². The van der Waals surface area contributed by atoms with Crippen LogP contribution in [-0.2, 0) is 28.5 Å². The van der Waals surface area contributed by atoms with Crippen molar-refractivity contribution in [3.8, 4) is 0 Å². The summed E-state index contributed by atoms with van der Waals surface area (Å²) in [5, 5.41) is 0. The second-order valence-electron chi connectivity index (χ2n) is 10.8. The predicted octanol–water partition coefficient (Wildman–Crippen LogP) is 4.00. The van der Waals surface area contributed by atoms with Crippen molar-refractivity contribution < 1.29 is 28.5 Å². The molecular formula is C23H36O6. The maximum Gasteiger partial charge on any atom is 0.311 e. The number of cyclic esters (lactones) is 1. The largest absolute Gasteiger partial charge is 0.462 e. The first-order valence-electron chi connectivity index (χ1n) is 11.1. The van der Waals surface area contributed by atoms with E-state index in [2.05, 4.69) is 27.7 Å². The number of esters is 2. The number of hydrogen-bond donors (Lipinski definition) is 0. The molecule has 0 N–H and O–H groups in total. The zero-order valence-electron chi connectivity index (χ0n) is 18.7. The lowest BCUT2D eigenvalue weighted by atomic mass is 9.43. The highest BCUT2D eigenvalue weighted by Crippen LogP contribution is 2.69. The quantitative estimate of drug-likeness (QED) is 0.643. The number of hydrogen-bond acceptors (Lipinski definition) is 6. The summed E-state index contributed by atoms with van der Waals surface area (Å²) < 4.78 is 23.9. The van der Waals surface area contributed by atoms with Crippen molar-refractivity contribution in [1.29, 1.82) is 0 Å². The Labute approximate surface area is 174 Å². The van der Waals surface area contributed by atoms with Crippen LogP contribution in [-0.4, -0.2) is 42.6 Å².